The molecule has 1 aromatic carbocycles. The number of hydrogen-bond acceptors (Lipinski definition) is 5. The second-order valence-corrected chi connectivity index (χ2v) is 7.98. The highest BCUT2D eigenvalue weighted by molar-refractivity contribution is 7.93. The number of thiophene rings is 1. The van der Waals surface area contributed by atoms with Gasteiger partial charge in [-0.25, -0.2) is 17.2 Å². The van der Waals surface area contributed by atoms with E-state index in [1.165, 1.54) is 18.2 Å². The van der Waals surface area contributed by atoms with Crippen LogP contribution in [0.5, 0.6) is 0 Å². The van der Waals surface area contributed by atoms with E-state index in [4.69, 9.17) is 0 Å². The van der Waals surface area contributed by atoms with Gasteiger partial charge in [-0.05, 0) is 29.1 Å². The lowest BCUT2D eigenvalue weighted by Gasteiger charge is -2.12. The lowest BCUT2D eigenvalue weighted by molar-refractivity contribution is 0.193. The van der Waals surface area contributed by atoms with E-state index < -0.39 is 33.3 Å². The third kappa shape index (κ3) is 4.84. The van der Waals surface area contributed by atoms with Crippen LogP contribution in [0.1, 0.15) is 5.56 Å². The molecule has 4 nitrogen and oxygen atoms in total. The minimum absolute atomic E-state index is 0.00272. The van der Waals surface area contributed by atoms with Crippen molar-refractivity contribution in [3.05, 3.63) is 52.9 Å². The van der Waals surface area contributed by atoms with Crippen molar-refractivity contribution >= 4 is 21.2 Å². The Bertz CT molecular complexity index is 697. The standard InChI is InChI=1S/C14H15F2NO3S2/c15-11-4-10(5-12(16)6-11)7-17-8-13(18)9-22(19,20)14-2-1-3-21-14/h1-6,13,17-18H,7-9H2. The van der Waals surface area contributed by atoms with Crippen molar-refractivity contribution in [1.82, 2.24) is 5.32 Å². The summed E-state index contributed by atoms with van der Waals surface area (Å²) in [4.78, 5) is 0. The molecule has 1 atom stereocenters. The maximum absolute atomic E-state index is 13.0. The number of hydrogen-bond donors (Lipinski definition) is 2. The topological polar surface area (TPSA) is 66.4 Å². The Hall–Kier alpha value is -1.35. The third-order valence-electron chi connectivity index (χ3n) is 2.84. The molecule has 0 saturated heterocycles. The summed E-state index contributed by atoms with van der Waals surface area (Å²) in [6.07, 6.45) is -1.11. The van der Waals surface area contributed by atoms with E-state index in [0.717, 1.165) is 17.4 Å². The van der Waals surface area contributed by atoms with Crippen LogP contribution in [0.4, 0.5) is 8.78 Å². The van der Waals surface area contributed by atoms with Gasteiger partial charge in [0, 0.05) is 19.2 Å². The predicted molar refractivity (Wildman–Crippen MR) is 80.4 cm³/mol. The van der Waals surface area contributed by atoms with Crippen LogP contribution >= 0.6 is 11.3 Å². The Morgan fingerprint density at radius 2 is 1.91 bits per heavy atom. The van der Waals surface area contributed by atoms with Crippen molar-refractivity contribution in [1.29, 1.82) is 0 Å². The maximum Gasteiger partial charge on any atom is 0.190 e. The Balaban J connectivity index is 1.84. The Labute approximate surface area is 131 Å². The van der Waals surface area contributed by atoms with Gasteiger partial charge in [0.05, 0.1) is 11.9 Å². The smallest absolute Gasteiger partial charge is 0.190 e. The van der Waals surface area contributed by atoms with Crippen LogP contribution in [0.3, 0.4) is 0 Å². The van der Waals surface area contributed by atoms with Crippen molar-refractivity contribution in [3.8, 4) is 0 Å². The van der Waals surface area contributed by atoms with Gasteiger partial charge in [-0.2, -0.15) is 0 Å². The SMILES string of the molecule is O=S(=O)(CC(O)CNCc1cc(F)cc(F)c1)c1cccs1. The monoisotopic (exact) mass is 347 g/mol. The maximum atomic E-state index is 13.0. The minimum Gasteiger partial charge on any atom is -0.391 e. The second-order valence-electron chi connectivity index (χ2n) is 4.78. The van der Waals surface area contributed by atoms with Gasteiger partial charge in [0.25, 0.3) is 0 Å². The summed E-state index contributed by atoms with van der Waals surface area (Å²) < 4.78 is 50.1. The molecule has 0 aliphatic heterocycles. The van der Waals surface area contributed by atoms with Gasteiger partial charge in [-0.1, -0.05) is 6.07 Å². The van der Waals surface area contributed by atoms with Gasteiger partial charge in [0.15, 0.2) is 9.84 Å². The highest BCUT2D eigenvalue weighted by atomic mass is 32.2. The summed E-state index contributed by atoms with van der Waals surface area (Å²) in [7, 11) is -3.52. The number of benzene rings is 1. The van der Waals surface area contributed by atoms with E-state index in [1.807, 2.05) is 0 Å². The van der Waals surface area contributed by atoms with E-state index in [9.17, 15) is 22.3 Å². The molecule has 0 bridgehead atoms. The number of nitrogens with one attached hydrogen (secondary N) is 1. The van der Waals surface area contributed by atoms with Gasteiger partial charge < -0.3 is 10.4 Å². The molecule has 22 heavy (non-hydrogen) atoms. The van der Waals surface area contributed by atoms with E-state index in [0.29, 0.717) is 5.56 Å². The fourth-order valence-electron chi connectivity index (χ4n) is 1.93. The summed E-state index contributed by atoms with van der Waals surface area (Å²) in [5, 5.41) is 14.2. The molecule has 1 aromatic heterocycles. The van der Waals surface area contributed by atoms with Crippen LogP contribution in [-0.2, 0) is 16.4 Å². The molecule has 0 fully saturated rings. The Morgan fingerprint density at radius 3 is 2.50 bits per heavy atom. The molecule has 0 aliphatic rings. The number of rotatable bonds is 7. The zero-order valence-electron chi connectivity index (χ0n) is 11.5. The molecule has 0 saturated carbocycles. The predicted octanol–water partition coefficient (Wildman–Crippen LogP) is 1.95. The second kappa shape index (κ2) is 7.28. The third-order valence-corrected chi connectivity index (χ3v) is 6.13. The van der Waals surface area contributed by atoms with Gasteiger partial charge in [0.1, 0.15) is 15.8 Å². The summed E-state index contributed by atoms with van der Waals surface area (Å²) in [5.74, 6) is -1.77. The summed E-state index contributed by atoms with van der Waals surface area (Å²) in [6.45, 7) is 0.132. The molecular weight excluding hydrogens is 332 g/mol. The zero-order valence-corrected chi connectivity index (χ0v) is 13.1. The summed E-state index contributed by atoms with van der Waals surface area (Å²) in [6, 6.07) is 6.22. The fourth-order valence-corrected chi connectivity index (χ4v) is 4.41. The van der Waals surface area contributed by atoms with Crippen molar-refractivity contribution < 1.29 is 22.3 Å². The summed E-state index contributed by atoms with van der Waals surface area (Å²) >= 11 is 1.09. The van der Waals surface area contributed by atoms with E-state index in [-0.39, 0.29) is 17.3 Å². The van der Waals surface area contributed by atoms with E-state index >= 15 is 0 Å². The number of aliphatic hydroxyl groups excluding tert-OH is 1. The first-order chi connectivity index (χ1) is 10.4. The van der Waals surface area contributed by atoms with Crippen LogP contribution in [0.15, 0.2) is 39.9 Å². The van der Waals surface area contributed by atoms with E-state index in [2.05, 4.69) is 5.32 Å². The number of halogens is 2. The van der Waals surface area contributed by atoms with Crippen LogP contribution in [0.25, 0.3) is 0 Å². The highest BCUT2D eigenvalue weighted by Crippen LogP contribution is 2.18. The van der Waals surface area contributed by atoms with Gasteiger partial charge >= 0.3 is 0 Å². The zero-order chi connectivity index (χ0) is 16.2. The molecule has 120 valence electrons. The first-order valence-electron chi connectivity index (χ1n) is 6.47. The van der Waals surface area contributed by atoms with Crippen molar-refractivity contribution in [3.63, 3.8) is 0 Å². The van der Waals surface area contributed by atoms with Gasteiger partial charge in [-0.3, -0.25) is 0 Å². The lowest BCUT2D eigenvalue weighted by atomic mass is 10.2. The normalized spacial score (nSPS) is 13.2. The minimum atomic E-state index is -3.52. The average molecular weight is 347 g/mol. The summed E-state index contributed by atoms with van der Waals surface area (Å²) in [5.41, 5.74) is 0.380. The van der Waals surface area contributed by atoms with Crippen LogP contribution < -0.4 is 5.32 Å². The average Bonchev–Trinajstić information content (AvgIpc) is 2.91. The highest BCUT2D eigenvalue weighted by Gasteiger charge is 2.20. The quantitative estimate of drug-likeness (QED) is 0.803. The van der Waals surface area contributed by atoms with Gasteiger partial charge in [-0.15, -0.1) is 11.3 Å². The molecule has 2 aromatic rings. The molecule has 2 rings (SSSR count). The molecule has 0 radical (unpaired) electrons. The first-order valence-corrected chi connectivity index (χ1v) is 9.00. The Morgan fingerprint density at radius 1 is 1.23 bits per heavy atom. The Kier molecular flexibility index (Phi) is 5.63. The molecule has 1 unspecified atom stereocenters. The molecular formula is C14H15F2NO3S2. The molecule has 8 heteroatoms. The first kappa shape index (κ1) is 17.0. The van der Waals surface area contributed by atoms with Gasteiger partial charge in [0.2, 0.25) is 0 Å². The van der Waals surface area contributed by atoms with Crippen LogP contribution in [0.2, 0.25) is 0 Å². The van der Waals surface area contributed by atoms with Crippen molar-refractivity contribution in [2.45, 2.75) is 16.9 Å². The van der Waals surface area contributed by atoms with Crippen molar-refractivity contribution in [2.75, 3.05) is 12.3 Å². The fraction of sp³-hybridized carbons (Fsp3) is 0.286. The number of sulfone groups is 1. The molecule has 0 spiro atoms. The van der Waals surface area contributed by atoms with Crippen LogP contribution in [0, 0.1) is 11.6 Å². The lowest BCUT2D eigenvalue weighted by Crippen LogP contribution is -2.32. The molecule has 2 N–H and O–H groups in total. The molecule has 1 heterocycles. The molecule has 0 aliphatic carbocycles. The van der Waals surface area contributed by atoms with Crippen LogP contribution in [-0.4, -0.2) is 31.9 Å². The molecule has 0 amide bonds. The number of aliphatic hydroxyl groups is 1. The van der Waals surface area contributed by atoms with Crippen molar-refractivity contribution in [2.24, 2.45) is 0 Å². The largest absolute Gasteiger partial charge is 0.391 e. The van der Waals surface area contributed by atoms with E-state index in [1.54, 1.807) is 11.4 Å².